The number of nitrogens with one attached hydrogen (secondary N) is 1. The minimum Gasteiger partial charge on any atom is -0.497 e. The molecule has 1 amide bonds. The van der Waals surface area contributed by atoms with E-state index in [0.717, 1.165) is 54.7 Å². The number of benzene rings is 2. The van der Waals surface area contributed by atoms with Gasteiger partial charge in [-0.05, 0) is 37.4 Å². The number of methoxy groups -OCH3 is 2. The number of hydrogen-bond acceptors (Lipinski definition) is 6. The Labute approximate surface area is 172 Å². The van der Waals surface area contributed by atoms with Crippen molar-refractivity contribution in [2.24, 2.45) is 0 Å². The summed E-state index contributed by atoms with van der Waals surface area (Å²) in [5.74, 6) is 1.43. The third kappa shape index (κ3) is 5.85. The highest BCUT2D eigenvalue weighted by Crippen LogP contribution is 2.25. The molecule has 0 aliphatic carbocycles. The molecule has 2 aromatic carbocycles. The first kappa shape index (κ1) is 21.0. The topological polar surface area (TPSA) is 63.3 Å². The Balaban J connectivity index is 1.52. The third-order valence-corrected chi connectivity index (χ3v) is 4.88. The average Bonchev–Trinajstić information content (AvgIpc) is 2.75. The largest absolute Gasteiger partial charge is 0.497 e. The monoisotopic (exact) mass is 399 g/mol. The molecular formula is C22H29N3O4. The van der Waals surface area contributed by atoms with Gasteiger partial charge in [0.05, 0.1) is 34.0 Å². The standard InChI is InChI=1S/C22H29N3O4/c1-24(15-17-4-9-20(27-2)14-21(17)28-3)16-22(26)23-18-5-7-19(8-6-18)25-10-12-29-13-11-25/h4-9,14H,10-13,15-16H2,1-3H3,(H,23,26). The number of nitrogens with zero attached hydrogens (tertiary/aromatic N) is 2. The van der Waals surface area contributed by atoms with Gasteiger partial charge >= 0.3 is 0 Å². The van der Waals surface area contributed by atoms with Crippen LogP contribution in [-0.2, 0) is 16.1 Å². The van der Waals surface area contributed by atoms with Gasteiger partial charge in [0.15, 0.2) is 0 Å². The van der Waals surface area contributed by atoms with Gasteiger partial charge in [0.2, 0.25) is 5.91 Å². The van der Waals surface area contributed by atoms with Crippen LogP contribution in [0.25, 0.3) is 0 Å². The maximum absolute atomic E-state index is 12.4. The summed E-state index contributed by atoms with van der Waals surface area (Å²) in [5, 5.41) is 2.96. The molecule has 0 atom stereocenters. The highest BCUT2D eigenvalue weighted by atomic mass is 16.5. The lowest BCUT2D eigenvalue weighted by molar-refractivity contribution is -0.117. The lowest BCUT2D eigenvalue weighted by Gasteiger charge is -2.28. The maximum atomic E-state index is 12.4. The Kier molecular flexibility index (Phi) is 7.32. The van der Waals surface area contributed by atoms with Crippen molar-refractivity contribution in [3.05, 3.63) is 48.0 Å². The van der Waals surface area contributed by atoms with Gasteiger partial charge < -0.3 is 24.4 Å². The summed E-state index contributed by atoms with van der Waals surface area (Å²) in [7, 11) is 5.16. The zero-order chi connectivity index (χ0) is 20.6. The number of morpholine rings is 1. The van der Waals surface area contributed by atoms with Crippen molar-refractivity contribution in [3.63, 3.8) is 0 Å². The molecule has 29 heavy (non-hydrogen) atoms. The van der Waals surface area contributed by atoms with Gasteiger partial charge in [-0.3, -0.25) is 9.69 Å². The number of hydrogen-bond donors (Lipinski definition) is 1. The van der Waals surface area contributed by atoms with E-state index in [-0.39, 0.29) is 12.5 Å². The van der Waals surface area contributed by atoms with Crippen molar-refractivity contribution in [1.29, 1.82) is 0 Å². The summed E-state index contributed by atoms with van der Waals surface area (Å²) < 4.78 is 16.0. The van der Waals surface area contributed by atoms with Gasteiger partial charge in [-0.15, -0.1) is 0 Å². The van der Waals surface area contributed by atoms with Gasteiger partial charge in [0.25, 0.3) is 0 Å². The second-order valence-electron chi connectivity index (χ2n) is 7.04. The quantitative estimate of drug-likeness (QED) is 0.736. The van der Waals surface area contributed by atoms with Crippen LogP contribution >= 0.6 is 0 Å². The molecule has 7 nitrogen and oxygen atoms in total. The number of amides is 1. The molecule has 3 rings (SSSR count). The average molecular weight is 399 g/mol. The molecule has 1 fully saturated rings. The SMILES string of the molecule is COc1ccc(CN(C)CC(=O)Nc2ccc(N3CCOCC3)cc2)c(OC)c1. The zero-order valence-electron chi connectivity index (χ0n) is 17.3. The molecule has 2 aromatic rings. The van der Waals surface area contributed by atoms with Gasteiger partial charge in [-0.25, -0.2) is 0 Å². The Morgan fingerprint density at radius 1 is 1.10 bits per heavy atom. The fraction of sp³-hybridized carbons (Fsp3) is 0.409. The molecular weight excluding hydrogens is 370 g/mol. The first-order chi connectivity index (χ1) is 14.1. The molecule has 0 saturated carbocycles. The molecule has 0 radical (unpaired) electrons. The second kappa shape index (κ2) is 10.1. The van der Waals surface area contributed by atoms with Crippen LogP contribution in [0.1, 0.15) is 5.56 Å². The molecule has 1 aliphatic heterocycles. The predicted octanol–water partition coefficient (Wildman–Crippen LogP) is 2.61. The molecule has 0 aromatic heterocycles. The summed E-state index contributed by atoms with van der Waals surface area (Å²) in [6.07, 6.45) is 0. The summed E-state index contributed by atoms with van der Waals surface area (Å²) >= 11 is 0. The first-order valence-electron chi connectivity index (χ1n) is 9.71. The molecule has 0 bridgehead atoms. The van der Waals surface area contributed by atoms with Crippen LogP contribution < -0.4 is 19.7 Å². The summed E-state index contributed by atoms with van der Waals surface area (Å²) in [6, 6.07) is 13.6. The Morgan fingerprint density at radius 3 is 2.48 bits per heavy atom. The summed E-state index contributed by atoms with van der Waals surface area (Å²) in [5.41, 5.74) is 2.94. The Morgan fingerprint density at radius 2 is 1.83 bits per heavy atom. The fourth-order valence-electron chi connectivity index (χ4n) is 3.35. The van der Waals surface area contributed by atoms with E-state index in [0.29, 0.717) is 6.54 Å². The van der Waals surface area contributed by atoms with E-state index in [1.54, 1.807) is 14.2 Å². The lowest BCUT2D eigenvalue weighted by atomic mass is 10.2. The van der Waals surface area contributed by atoms with Crippen molar-refractivity contribution in [3.8, 4) is 11.5 Å². The van der Waals surface area contributed by atoms with Crippen LogP contribution in [0.2, 0.25) is 0 Å². The van der Waals surface area contributed by atoms with Crippen LogP contribution in [0.15, 0.2) is 42.5 Å². The smallest absolute Gasteiger partial charge is 0.238 e. The number of carbonyl (C=O) groups is 1. The summed E-state index contributed by atoms with van der Waals surface area (Å²) in [6.45, 7) is 4.17. The van der Waals surface area contributed by atoms with E-state index in [1.165, 1.54) is 0 Å². The molecule has 1 aliphatic rings. The third-order valence-electron chi connectivity index (χ3n) is 4.88. The minimum absolute atomic E-state index is 0.0564. The van der Waals surface area contributed by atoms with Gasteiger partial charge in [0, 0.05) is 42.6 Å². The Hall–Kier alpha value is -2.77. The molecule has 1 heterocycles. The van der Waals surface area contributed by atoms with Crippen LogP contribution in [0.3, 0.4) is 0 Å². The van der Waals surface area contributed by atoms with Crippen molar-refractivity contribution in [1.82, 2.24) is 4.90 Å². The van der Waals surface area contributed by atoms with Crippen molar-refractivity contribution in [2.45, 2.75) is 6.54 Å². The van der Waals surface area contributed by atoms with Gasteiger partial charge in [0.1, 0.15) is 11.5 Å². The molecule has 0 unspecified atom stereocenters. The normalized spacial score (nSPS) is 14.0. The van der Waals surface area contributed by atoms with Crippen molar-refractivity contribution >= 4 is 17.3 Å². The fourth-order valence-corrected chi connectivity index (χ4v) is 3.35. The molecule has 1 N–H and O–H groups in total. The predicted molar refractivity (Wildman–Crippen MR) is 114 cm³/mol. The van der Waals surface area contributed by atoms with E-state index in [4.69, 9.17) is 14.2 Å². The van der Waals surface area contributed by atoms with Crippen LogP contribution in [0, 0.1) is 0 Å². The van der Waals surface area contributed by atoms with Crippen molar-refractivity contribution in [2.75, 3.05) is 64.3 Å². The lowest BCUT2D eigenvalue weighted by Crippen LogP contribution is -2.36. The number of anilines is 2. The van der Waals surface area contributed by atoms with E-state index in [1.807, 2.05) is 54.4 Å². The zero-order valence-corrected chi connectivity index (χ0v) is 17.3. The van der Waals surface area contributed by atoms with E-state index in [9.17, 15) is 4.79 Å². The second-order valence-corrected chi connectivity index (χ2v) is 7.04. The number of likely N-dealkylation sites (N-methyl/N-ethyl adjacent to an activating group) is 1. The van der Waals surface area contributed by atoms with E-state index in [2.05, 4.69) is 10.2 Å². The van der Waals surface area contributed by atoms with Gasteiger partial charge in [-0.1, -0.05) is 6.07 Å². The number of ether oxygens (including phenoxy) is 3. The molecule has 0 spiro atoms. The number of rotatable bonds is 8. The van der Waals surface area contributed by atoms with Crippen molar-refractivity contribution < 1.29 is 19.0 Å². The van der Waals surface area contributed by atoms with Gasteiger partial charge in [-0.2, -0.15) is 0 Å². The number of carbonyl (C=O) groups excluding carboxylic acids is 1. The molecule has 7 heteroatoms. The maximum Gasteiger partial charge on any atom is 0.238 e. The van der Waals surface area contributed by atoms with Crippen LogP contribution in [0.5, 0.6) is 11.5 Å². The molecule has 156 valence electrons. The minimum atomic E-state index is -0.0564. The van der Waals surface area contributed by atoms with Crippen LogP contribution in [0.4, 0.5) is 11.4 Å². The Bertz CT molecular complexity index is 804. The first-order valence-corrected chi connectivity index (χ1v) is 9.71. The molecule has 1 saturated heterocycles. The van der Waals surface area contributed by atoms with E-state index >= 15 is 0 Å². The van der Waals surface area contributed by atoms with E-state index < -0.39 is 0 Å². The highest BCUT2D eigenvalue weighted by molar-refractivity contribution is 5.92. The highest BCUT2D eigenvalue weighted by Gasteiger charge is 2.13. The summed E-state index contributed by atoms with van der Waals surface area (Å²) in [4.78, 5) is 16.7. The van der Waals surface area contributed by atoms with Crippen LogP contribution in [-0.4, -0.2) is 64.9 Å².